The molecule has 0 bridgehead atoms. The van der Waals surface area contributed by atoms with Gasteiger partial charge in [-0.15, -0.1) is 0 Å². The van der Waals surface area contributed by atoms with Crippen molar-refractivity contribution in [2.24, 2.45) is 11.8 Å². The van der Waals surface area contributed by atoms with E-state index in [-0.39, 0.29) is 47.5 Å². The van der Waals surface area contributed by atoms with Gasteiger partial charge in [-0.3, -0.25) is 9.59 Å². The smallest absolute Gasteiger partial charge is 0.302 e. The molecule has 222 valence electrons. The molecule has 2 saturated heterocycles. The zero-order valence-electron chi connectivity index (χ0n) is 25.4. The van der Waals surface area contributed by atoms with E-state index in [9.17, 15) is 14.7 Å². The van der Waals surface area contributed by atoms with Crippen LogP contribution in [0, 0.1) is 11.8 Å². The highest BCUT2D eigenvalue weighted by Gasteiger charge is 2.63. The molecule has 2 aliphatic heterocycles. The first-order valence-electron chi connectivity index (χ1n) is 14.2. The van der Waals surface area contributed by atoms with Gasteiger partial charge in [0.15, 0.2) is 8.32 Å². The molecule has 9 heteroatoms. The maximum Gasteiger partial charge on any atom is 0.302 e. The van der Waals surface area contributed by atoms with Crippen molar-refractivity contribution in [1.29, 1.82) is 0 Å². The Labute approximate surface area is 235 Å². The molecular formula is C30H50O8Si. The minimum absolute atomic E-state index is 0.0435. The number of hydrogen-bond acceptors (Lipinski definition) is 8. The number of aliphatic hydroxyl groups is 1. The summed E-state index contributed by atoms with van der Waals surface area (Å²) in [5.74, 6) is 0.347. The lowest BCUT2D eigenvalue weighted by atomic mass is 9.75. The van der Waals surface area contributed by atoms with Gasteiger partial charge in [0.1, 0.15) is 36.6 Å². The topological polar surface area (TPSA) is 107 Å². The Kier molecular flexibility index (Phi) is 9.35. The molecule has 2 spiro atoms. The average Bonchev–Trinajstić information content (AvgIpc) is 3.67. The Morgan fingerprint density at radius 2 is 1.36 bits per heavy atom. The van der Waals surface area contributed by atoms with E-state index in [0.29, 0.717) is 18.4 Å². The second kappa shape index (κ2) is 11.4. The van der Waals surface area contributed by atoms with Crippen molar-refractivity contribution in [3.8, 4) is 0 Å². The molecule has 2 saturated carbocycles. The van der Waals surface area contributed by atoms with Crippen LogP contribution < -0.4 is 0 Å². The number of esters is 2. The molecule has 0 aromatic rings. The monoisotopic (exact) mass is 566 g/mol. The van der Waals surface area contributed by atoms with Crippen LogP contribution >= 0.6 is 0 Å². The standard InChI is InChI=1S/C18H32O4Si.C12H18O4/c1-12-9-15(22-23(7,8)17(4,5)6)13(2)18(10-12)16(21-18)11-20-14(3)19;1-7-4-10(14)8(2)12(5-7)11(16-12)6-15-9(3)13/h12,15-16H,2,9-11H2,1,3-8H3;7,10-11,14H,2,4-6H2,1,3H3/t12-,15?,16?,18?;7-,10?,11?,12?/m11/s1. The zero-order chi connectivity index (χ0) is 29.6. The highest BCUT2D eigenvalue weighted by atomic mass is 28.4. The van der Waals surface area contributed by atoms with Crippen LogP contribution in [0.25, 0.3) is 0 Å². The van der Waals surface area contributed by atoms with Gasteiger partial charge in [0.2, 0.25) is 0 Å². The quantitative estimate of drug-likeness (QED) is 0.205. The van der Waals surface area contributed by atoms with Crippen molar-refractivity contribution in [3.63, 3.8) is 0 Å². The molecule has 0 radical (unpaired) electrons. The summed E-state index contributed by atoms with van der Waals surface area (Å²) in [7, 11) is -1.86. The Bertz CT molecular complexity index is 970. The van der Waals surface area contributed by atoms with Crippen LogP contribution in [0.2, 0.25) is 18.1 Å². The van der Waals surface area contributed by atoms with Gasteiger partial charge in [0.05, 0.1) is 12.2 Å². The Balaban J connectivity index is 0.000000230. The Morgan fingerprint density at radius 1 is 0.923 bits per heavy atom. The van der Waals surface area contributed by atoms with Crippen molar-refractivity contribution in [3.05, 3.63) is 24.3 Å². The second-order valence-corrected chi connectivity index (χ2v) is 18.4. The van der Waals surface area contributed by atoms with Crippen LogP contribution in [0.5, 0.6) is 0 Å². The summed E-state index contributed by atoms with van der Waals surface area (Å²) < 4.78 is 28.3. The largest absolute Gasteiger partial charge is 0.463 e. The Morgan fingerprint density at radius 3 is 1.79 bits per heavy atom. The highest BCUT2D eigenvalue weighted by Crippen LogP contribution is 2.55. The van der Waals surface area contributed by atoms with Gasteiger partial charge >= 0.3 is 11.9 Å². The normalized spacial score (nSPS) is 37.7. The number of rotatable bonds is 6. The van der Waals surface area contributed by atoms with Gasteiger partial charge in [0.25, 0.3) is 0 Å². The first kappa shape index (κ1) is 32.0. The molecule has 1 N–H and O–H groups in total. The molecule has 0 amide bonds. The molecule has 2 aliphatic carbocycles. The van der Waals surface area contributed by atoms with E-state index >= 15 is 0 Å². The molecular weight excluding hydrogens is 516 g/mol. The van der Waals surface area contributed by atoms with E-state index < -0.39 is 20.0 Å². The first-order chi connectivity index (χ1) is 17.8. The van der Waals surface area contributed by atoms with Crippen molar-refractivity contribution in [1.82, 2.24) is 0 Å². The lowest BCUT2D eigenvalue weighted by molar-refractivity contribution is -0.142. The fraction of sp³-hybridized carbons (Fsp3) is 0.800. The van der Waals surface area contributed by atoms with E-state index in [1.807, 2.05) is 0 Å². The van der Waals surface area contributed by atoms with Crippen molar-refractivity contribution < 1.29 is 38.1 Å². The summed E-state index contributed by atoms with van der Waals surface area (Å²) in [6, 6.07) is 0. The van der Waals surface area contributed by atoms with Gasteiger partial charge in [-0.05, 0) is 66.8 Å². The summed E-state index contributed by atoms with van der Waals surface area (Å²) in [4.78, 5) is 21.7. The molecule has 4 rings (SSSR count). The average molecular weight is 567 g/mol. The maximum absolute atomic E-state index is 11.0. The van der Waals surface area contributed by atoms with Crippen LogP contribution in [0.4, 0.5) is 0 Å². The van der Waals surface area contributed by atoms with Crippen LogP contribution in [0.1, 0.15) is 74.1 Å². The third-order valence-corrected chi connectivity index (χ3v) is 13.7. The number of carbonyl (C=O) groups excluding carboxylic acids is 2. The minimum atomic E-state index is -1.86. The zero-order valence-corrected chi connectivity index (χ0v) is 26.4. The van der Waals surface area contributed by atoms with Crippen LogP contribution in [-0.2, 0) is 33.0 Å². The van der Waals surface area contributed by atoms with Gasteiger partial charge in [0, 0.05) is 13.8 Å². The number of carbonyl (C=O) groups is 2. The fourth-order valence-corrected chi connectivity index (χ4v) is 7.09. The van der Waals surface area contributed by atoms with Gasteiger partial charge in [-0.2, -0.15) is 0 Å². The van der Waals surface area contributed by atoms with Gasteiger partial charge in [-0.1, -0.05) is 47.8 Å². The third-order valence-electron chi connectivity index (χ3n) is 9.17. The van der Waals surface area contributed by atoms with E-state index in [2.05, 4.69) is 60.9 Å². The Hall–Kier alpha value is -1.52. The SMILES string of the molecule is C=C1C(O)C[C@@H](C)CC12OC2COC(C)=O.C=C1C(O[Si](C)(C)C(C)(C)C)C[C@@H](C)CC12OC2COC(C)=O. The number of hydrogen-bond donors (Lipinski definition) is 1. The van der Waals surface area contributed by atoms with Crippen LogP contribution in [-0.4, -0.2) is 74.2 Å². The molecule has 0 aromatic heterocycles. The molecule has 39 heavy (non-hydrogen) atoms. The van der Waals surface area contributed by atoms with Crippen molar-refractivity contribution in [2.75, 3.05) is 13.2 Å². The molecule has 4 aliphatic rings. The van der Waals surface area contributed by atoms with E-state index in [4.69, 9.17) is 23.4 Å². The van der Waals surface area contributed by atoms with Crippen LogP contribution in [0.15, 0.2) is 24.3 Å². The maximum atomic E-state index is 11.0. The summed E-state index contributed by atoms with van der Waals surface area (Å²) in [5.41, 5.74) is 0.993. The lowest BCUT2D eigenvalue weighted by Gasteiger charge is -2.43. The van der Waals surface area contributed by atoms with Gasteiger partial charge in [-0.25, -0.2) is 0 Å². The van der Waals surface area contributed by atoms with E-state index in [1.165, 1.54) is 13.8 Å². The predicted molar refractivity (Wildman–Crippen MR) is 152 cm³/mol. The first-order valence-corrected chi connectivity index (χ1v) is 17.1. The van der Waals surface area contributed by atoms with Crippen molar-refractivity contribution >= 4 is 20.3 Å². The lowest BCUT2D eigenvalue weighted by Crippen LogP contribution is -2.48. The highest BCUT2D eigenvalue weighted by molar-refractivity contribution is 6.74. The van der Waals surface area contributed by atoms with Gasteiger partial charge < -0.3 is 28.5 Å². The molecule has 6 unspecified atom stereocenters. The number of ether oxygens (including phenoxy) is 4. The predicted octanol–water partition coefficient (Wildman–Crippen LogP) is 5.10. The molecule has 8 nitrogen and oxygen atoms in total. The summed E-state index contributed by atoms with van der Waals surface area (Å²) >= 11 is 0. The summed E-state index contributed by atoms with van der Waals surface area (Å²) in [6.07, 6.45) is 2.90. The number of aliphatic hydroxyl groups excluding tert-OH is 1. The van der Waals surface area contributed by atoms with E-state index in [0.717, 1.165) is 36.8 Å². The molecule has 2 heterocycles. The second-order valence-electron chi connectivity index (χ2n) is 13.6. The third kappa shape index (κ3) is 7.04. The number of epoxide rings is 2. The molecule has 4 fully saturated rings. The molecule has 8 atom stereocenters. The fourth-order valence-electron chi connectivity index (χ4n) is 5.79. The van der Waals surface area contributed by atoms with E-state index in [1.54, 1.807) is 0 Å². The summed E-state index contributed by atoms with van der Waals surface area (Å²) in [5, 5.41) is 10.0. The minimum Gasteiger partial charge on any atom is -0.463 e. The van der Waals surface area contributed by atoms with Crippen LogP contribution in [0.3, 0.4) is 0 Å². The molecule has 0 aromatic carbocycles. The van der Waals surface area contributed by atoms with Crippen molar-refractivity contribution in [2.45, 2.75) is 128 Å². The summed E-state index contributed by atoms with van der Waals surface area (Å²) in [6.45, 7) is 27.2.